The van der Waals surface area contributed by atoms with E-state index in [4.69, 9.17) is 9.47 Å². The second kappa shape index (κ2) is 12.2. The Hall–Kier alpha value is -3.35. The molecule has 208 valence electrons. The maximum absolute atomic E-state index is 13.1. The highest BCUT2D eigenvalue weighted by Crippen LogP contribution is 2.25. The van der Waals surface area contributed by atoms with E-state index < -0.39 is 27.9 Å². The first-order valence-electron chi connectivity index (χ1n) is 12.8. The van der Waals surface area contributed by atoms with Crippen molar-refractivity contribution in [3.8, 4) is 0 Å². The van der Waals surface area contributed by atoms with Crippen molar-refractivity contribution in [2.24, 2.45) is 4.99 Å². The Kier molecular flexibility index (Phi) is 8.98. The minimum atomic E-state index is -3.67. The van der Waals surface area contributed by atoms with E-state index in [0.717, 1.165) is 30.6 Å². The number of hydrogen-bond acceptors (Lipinski definition) is 8. The molecule has 1 saturated heterocycles. The summed E-state index contributed by atoms with van der Waals surface area (Å²) in [5, 5.41) is 0. The van der Waals surface area contributed by atoms with Crippen molar-refractivity contribution in [2.75, 3.05) is 19.8 Å². The van der Waals surface area contributed by atoms with Crippen LogP contribution in [-0.2, 0) is 30.8 Å². The summed E-state index contributed by atoms with van der Waals surface area (Å²) < 4.78 is 40.1. The predicted octanol–water partition coefficient (Wildman–Crippen LogP) is 3.75. The number of carbonyl (C=O) groups excluding carboxylic acids is 3. The molecule has 1 unspecified atom stereocenters. The van der Waals surface area contributed by atoms with Gasteiger partial charge in [0, 0.05) is 18.2 Å². The van der Waals surface area contributed by atoms with E-state index in [1.54, 1.807) is 36.6 Å². The molecule has 0 spiro atoms. The van der Waals surface area contributed by atoms with Gasteiger partial charge < -0.3 is 14.0 Å². The van der Waals surface area contributed by atoms with Crippen LogP contribution in [0.2, 0.25) is 0 Å². The molecule has 1 aliphatic rings. The number of sulfonamides is 1. The van der Waals surface area contributed by atoms with Crippen LogP contribution < -0.4 is 4.80 Å². The molecule has 0 bridgehead atoms. The molecule has 1 aromatic heterocycles. The first-order chi connectivity index (χ1) is 18.6. The Labute approximate surface area is 230 Å². The van der Waals surface area contributed by atoms with Gasteiger partial charge in [-0.05, 0) is 76.1 Å². The van der Waals surface area contributed by atoms with Crippen molar-refractivity contribution in [2.45, 2.75) is 57.5 Å². The molecule has 1 amide bonds. The van der Waals surface area contributed by atoms with Gasteiger partial charge in [0.1, 0.15) is 6.54 Å². The second-order valence-corrected chi connectivity index (χ2v) is 12.0. The van der Waals surface area contributed by atoms with Crippen LogP contribution in [-0.4, -0.2) is 60.9 Å². The molecule has 1 fully saturated rings. The highest BCUT2D eigenvalue weighted by molar-refractivity contribution is 7.89. The number of benzene rings is 2. The second-order valence-electron chi connectivity index (χ2n) is 9.08. The lowest BCUT2D eigenvalue weighted by molar-refractivity contribution is -0.143. The number of amides is 1. The van der Waals surface area contributed by atoms with E-state index in [9.17, 15) is 22.8 Å². The van der Waals surface area contributed by atoms with E-state index in [1.807, 2.05) is 6.92 Å². The standard InChI is InChI=1S/C27H31N3O7S2/c1-4-36-24(31)17-29-22-14-11-20(26(33)37-5-2)16-23(22)38-27(29)28-25(32)19-9-12-21(13-10-19)39(34,35)30-15-7-6-8-18(30)3/h9-14,16,18H,4-8,15,17H2,1-3H3. The van der Waals surface area contributed by atoms with Crippen molar-refractivity contribution in [3.63, 3.8) is 0 Å². The maximum atomic E-state index is 13.1. The Bertz CT molecular complexity index is 1560. The smallest absolute Gasteiger partial charge is 0.338 e. The van der Waals surface area contributed by atoms with Gasteiger partial charge in [-0.3, -0.25) is 9.59 Å². The van der Waals surface area contributed by atoms with Gasteiger partial charge >= 0.3 is 11.9 Å². The van der Waals surface area contributed by atoms with Crippen LogP contribution in [0.25, 0.3) is 10.2 Å². The molecule has 0 aliphatic carbocycles. The van der Waals surface area contributed by atoms with E-state index in [2.05, 4.69) is 4.99 Å². The van der Waals surface area contributed by atoms with Crippen LogP contribution in [0.1, 0.15) is 60.7 Å². The minimum absolute atomic E-state index is 0.0767. The lowest BCUT2D eigenvalue weighted by Gasteiger charge is -2.32. The van der Waals surface area contributed by atoms with Gasteiger partial charge in [-0.15, -0.1) is 0 Å². The Morgan fingerprint density at radius 3 is 2.36 bits per heavy atom. The topological polar surface area (TPSA) is 124 Å². The number of esters is 2. The Balaban J connectivity index is 1.68. The molecule has 3 aromatic rings. The lowest BCUT2D eigenvalue weighted by atomic mass is 10.1. The van der Waals surface area contributed by atoms with Gasteiger partial charge in [-0.25, -0.2) is 13.2 Å². The molecule has 4 rings (SSSR count). The van der Waals surface area contributed by atoms with Crippen molar-refractivity contribution in [1.82, 2.24) is 8.87 Å². The summed E-state index contributed by atoms with van der Waals surface area (Å²) in [6.45, 7) is 6.05. The molecule has 0 saturated carbocycles. The molecule has 0 radical (unpaired) electrons. The zero-order valence-electron chi connectivity index (χ0n) is 22.1. The number of carbonyl (C=O) groups is 3. The maximum Gasteiger partial charge on any atom is 0.338 e. The third kappa shape index (κ3) is 6.29. The van der Waals surface area contributed by atoms with E-state index in [0.29, 0.717) is 22.3 Å². The molecule has 1 aliphatic heterocycles. The number of piperidine rings is 1. The van der Waals surface area contributed by atoms with Gasteiger partial charge in [-0.2, -0.15) is 9.30 Å². The molecule has 2 heterocycles. The van der Waals surface area contributed by atoms with Crippen molar-refractivity contribution < 1.29 is 32.3 Å². The molecular formula is C27H31N3O7S2. The number of fused-ring (bicyclic) bond motifs is 1. The van der Waals surface area contributed by atoms with Gasteiger partial charge in [0.25, 0.3) is 5.91 Å². The average Bonchev–Trinajstić information content (AvgIpc) is 3.24. The van der Waals surface area contributed by atoms with Gasteiger partial charge in [0.05, 0.1) is 33.9 Å². The highest BCUT2D eigenvalue weighted by Gasteiger charge is 2.31. The number of hydrogen-bond donors (Lipinski definition) is 0. The zero-order chi connectivity index (χ0) is 28.2. The van der Waals surface area contributed by atoms with Gasteiger partial charge in [0.2, 0.25) is 10.0 Å². The largest absolute Gasteiger partial charge is 0.465 e. The summed E-state index contributed by atoms with van der Waals surface area (Å²) in [7, 11) is -3.67. The van der Waals surface area contributed by atoms with Crippen LogP contribution in [0.5, 0.6) is 0 Å². The molecule has 1 atom stereocenters. The summed E-state index contributed by atoms with van der Waals surface area (Å²) in [6.07, 6.45) is 2.64. The molecule has 10 nitrogen and oxygen atoms in total. The monoisotopic (exact) mass is 573 g/mol. The summed E-state index contributed by atoms with van der Waals surface area (Å²) in [5.41, 5.74) is 1.14. The minimum Gasteiger partial charge on any atom is -0.465 e. The molecule has 2 aromatic carbocycles. The summed E-state index contributed by atoms with van der Waals surface area (Å²) in [4.78, 5) is 42.2. The number of ether oxygens (including phenoxy) is 2. The normalized spacial score (nSPS) is 16.8. The number of nitrogens with zero attached hydrogens (tertiary/aromatic N) is 3. The zero-order valence-corrected chi connectivity index (χ0v) is 23.7. The van der Waals surface area contributed by atoms with Crippen LogP contribution in [0.3, 0.4) is 0 Å². The van der Waals surface area contributed by atoms with Crippen molar-refractivity contribution in [3.05, 3.63) is 58.4 Å². The number of aromatic nitrogens is 1. The Morgan fingerprint density at radius 1 is 1.00 bits per heavy atom. The molecule has 39 heavy (non-hydrogen) atoms. The highest BCUT2D eigenvalue weighted by atomic mass is 32.2. The van der Waals surface area contributed by atoms with Crippen LogP contribution >= 0.6 is 11.3 Å². The van der Waals surface area contributed by atoms with Gasteiger partial charge in [0.15, 0.2) is 4.80 Å². The quantitative estimate of drug-likeness (QED) is 0.376. The fraction of sp³-hybridized carbons (Fsp3) is 0.407. The van der Waals surface area contributed by atoms with Crippen molar-refractivity contribution >= 4 is 49.4 Å². The third-order valence-electron chi connectivity index (χ3n) is 6.43. The molecule has 12 heteroatoms. The van der Waals surface area contributed by atoms with E-state index in [-0.39, 0.29) is 41.1 Å². The van der Waals surface area contributed by atoms with E-state index >= 15 is 0 Å². The van der Waals surface area contributed by atoms with Gasteiger partial charge in [-0.1, -0.05) is 17.8 Å². The summed E-state index contributed by atoms with van der Waals surface area (Å²) >= 11 is 1.14. The number of thiazole rings is 1. The van der Waals surface area contributed by atoms with E-state index in [1.165, 1.54) is 28.6 Å². The first kappa shape index (κ1) is 28.7. The predicted molar refractivity (Wildman–Crippen MR) is 146 cm³/mol. The number of rotatable bonds is 8. The van der Waals surface area contributed by atoms with Crippen LogP contribution in [0.4, 0.5) is 0 Å². The van der Waals surface area contributed by atoms with Crippen LogP contribution in [0, 0.1) is 0 Å². The molecular weight excluding hydrogens is 542 g/mol. The van der Waals surface area contributed by atoms with Crippen LogP contribution in [0.15, 0.2) is 52.4 Å². The lowest BCUT2D eigenvalue weighted by Crippen LogP contribution is -2.41. The average molecular weight is 574 g/mol. The van der Waals surface area contributed by atoms with Crippen molar-refractivity contribution in [1.29, 1.82) is 0 Å². The SMILES string of the molecule is CCOC(=O)Cn1c(=NC(=O)c2ccc(S(=O)(=O)N3CCCCC3C)cc2)sc2cc(C(=O)OCC)ccc21. The fourth-order valence-corrected chi connectivity index (χ4v) is 7.24. The summed E-state index contributed by atoms with van der Waals surface area (Å²) in [5.74, 6) is -1.57. The molecule has 0 N–H and O–H groups in total. The first-order valence-corrected chi connectivity index (χ1v) is 15.1. The third-order valence-corrected chi connectivity index (χ3v) is 9.50. The fourth-order valence-electron chi connectivity index (χ4n) is 4.47. The summed E-state index contributed by atoms with van der Waals surface area (Å²) in [6, 6.07) is 10.5. The Morgan fingerprint density at radius 2 is 1.69 bits per heavy atom.